The fourth-order valence-corrected chi connectivity index (χ4v) is 1.98. The Balaban J connectivity index is 3.33. The summed E-state index contributed by atoms with van der Waals surface area (Å²) in [5, 5.41) is 13.0. The van der Waals surface area contributed by atoms with Crippen molar-refractivity contribution in [3.05, 3.63) is 28.3 Å². The van der Waals surface area contributed by atoms with Crippen LogP contribution in [0.15, 0.2) is 23.1 Å². The quantitative estimate of drug-likeness (QED) is 0.507. The number of amides is 1. The lowest BCUT2D eigenvalue weighted by Crippen LogP contribution is -2.14. The third kappa shape index (κ3) is 3.50. The number of nitrogens with one attached hydrogen (secondary N) is 1. The van der Waals surface area contributed by atoms with Crippen molar-refractivity contribution in [1.29, 1.82) is 0 Å². The van der Waals surface area contributed by atoms with Gasteiger partial charge in [0.25, 0.3) is 5.69 Å². The fourth-order valence-electron chi connectivity index (χ4n) is 1.19. The Hall–Kier alpha value is -1.48. The van der Waals surface area contributed by atoms with Crippen LogP contribution in [0.5, 0.6) is 0 Å². The number of carbonyl (C=O) groups excluding carboxylic acids is 1. The topological polar surface area (TPSA) is 106 Å². The Morgan fingerprint density at radius 2 is 2.11 bits per heavy atom. The summed E-state index contributed by atoms with van der Waals surface area (Å²) in [6.45, 7) is 0. The summed E-state index contributed by atoms with van der Waals surface area (Å²) in [7, 11) is -3.50. The molecule has 0 aromatic heterocycles. The highest BCUT2D eigenvalue weighted by Crippen LogP contribution is 2.27. The number of sulfone groups is 1. The average Bonchev–Trinajstić information content (AvgIpc) is 2.27. The molecule has 1 aromatic carbocycles. The number of rotatable bonds is 4. The molecular formula is C9H9BrN2O5S. The van der Waals surface area contributed by atoms with E-state index in [0.29, 0.717) is 0 Å². The first kappa shape index (κ1) is 14.6. The van der Waals surface area contributed by atoms with E-state index in [1.165, 1.54) is 0 Å². The lowest BCUT2D eigenvalue weighted by atomic mass is 10.2. The van der Waals surface area contributed by atoms with Gasteiger partial charge in [-0.15, -0.1) is 0 Å². The lowest BCUT2D eigenvalue weighted by Gasteiger charge is -2.06. The van der Waals surface area contributed by atoms with Crippen molar-refractivity contribution in [3.63, 3.8) is 0 Å². The van der Waals surface area contributed by atoms with Crippen molar-refractivity contribution >= 4 is 43.0 Å². The largest absolute Gasteiger partial charge is 0.320 e. The van der Waals surface area contributed by atoms with Crippen LogP contribution in [-0.2, 0) is 14.6 Å². The van der Waals surface area contributed by atoms with E-state index in [0.717, 1.165) is 24.5 Å². The number of carbonyl (C=O) groups is 1. The highest BCUT2D eigenvalue weighted by atomic mass is 79.9. The zero-order valence-corrected chi connectivity index (χ0v) is 11.6. The number of halogens is 1. The summed E-state index contributed by atoms with van der Waals surface area (Å²) in [6, 6.07) is 3.23. The Kier molecular flexibility index (Phi) is 4.41. The molecule has 1 rings (SSSR count). The summed E-state index contributed by atoms with van der Waals surface area (Å²) in [5.74, 6) is -0.510. The molecule has 0 aliphatic heterocycles. The Bertz CT molecular complexity index is 599. The molecule has 1 aromatic rings. The third-order valence-corrected chi connectivity index (χ3v) is 3.61. The first-order chi connectivity index (χ1) is 8.25. The molecule has 1 N–H and O–H groups in total. The van der Waals surface area contributed by atoms with Crippen molar-refractivity contribution < 1.29 is 18.1 Å². The second-order valence-corrected chi connectivity index (χ2v) is 5.97. The molecule has 9 heteroatoms. The highest BCUT2D eigenvalue weighted by Gasteiger charge is 2.19. The van der Waals surface area contributed by atoms with Gasteiger partial charge in [-0.1, -0.05) is 15.9 Å². The standard InChI is InChI=1S/C9H9BrN2O5S/c1-18(16,17)6-2-3-8(12(14)15)7(4-6)11-9(13)5-10/h2-4H,5H2,1H3,(H,11,13). The van der Waals surface area contributed by atoms with Gasteiger partial charge in [-0.25, -0.2) is 8.42 Å². The minimum Gasteiger partial charge on any atom is -0.320 e. The zero-order valence-electron chi connectivity index (χ0n) is 9.21. The van der Waals surface area contributed by atoms with Gasteiger partial charge in [0.15, 0.2) is 9.84 Å². The first-order valence-electron chi connectivity index (χ1n) is 4.60. The molecule has 98 valence electrons. The van der Waals surface area contributed by atoms with Crippen LogP contribution in [0.25, 0.3) is 0 Å². The number of nitrogens with zero attached hydrogens (tertiary/aromatic N) is 1. The van der Waals surface area contributed by atoms with E-state index in [1.807, 2.05) is 0 Å². The summed E-state index contributed by atoms with van der Waals surface area (Å²) >= 11 is 2.89. The summed E-state index contributed by atoms with van der Waals surface area (Å²) in [5.41, 5.74) is -0.510. The predicted molar refractivity (Wildman–Crippen MR) is 68.6 cm³/mol. The van der Waals surface area contributed by atoms with Gasteiger partial charge in [0.2, 0.25) is 5.91 Å². The van der Waals surface area contributed by atoms with Crippen molar-refractivity contribution in [2.75, 3.05) is 16.9 Å². The number of alkyl halides is 1. The van der Waals surface area contributed by atoms with Crippen LogP contribution in [0.4, 0.5) is 11.4 Å². The zero-order chi connectivity index (χ0) is 13.9. The van der Waals surface area contributed by atoms with Gasteiger partial charge in [0.1, 0.15) is 5.69 Å². The van der Waals surface area contributed by atoms with Crippen LogP contribution >= 0.6 is 15.9 Å². The molecule has 7 nitrogen and oxygen atoms in total. The molecule has 0 atom stereocenters. The number of benzene rings is 1. The van der Waals surface area contributed by atoms with E-state index >= 15 is 0 Å². The number of nitro groups is 1. The third-order valence-electron chi connectivity index (χ3n) is 1.99. The van der Waals surface area contributed by atoms with Gasteiger partial charge < -0.3 is 5.32 Å². The molecule has 0 unspecified atom stereocenters. The van der Waals surface area contributed by atoms with Crippen molar-refractivity contribution in [1.82, 2.24) is 0 Å². The average molecular weight is 337 g/mol. The lowest BCUT2D eigenvalue weighted by molar-refractivity contribution is -0.384. The Labute approximate surface area is 111 Å². The Morgan fingerprint density at radius 1 is 1.50 bits per heavy atom. The van der Waals surface area contributed by atoms with E-state index in [1.54, 1.807) is 0 Å². The molecule has 0 bridgehead atoms. The molecule has 0 spiro atoms. The van der Waals surface area contributed by atoms with E-state index in [-0.39, 0.29) is 21.6 Å². The maximum atomic E-state index is 11.3. The van der Waals surface area contributed by atoms with Crippen molar-refractivity contribution in [2.45, 2.75) is 4.90 Å². The van der Waals surface area contributed by atoms with E-state index in [2.05, 4.69) is 21.2 Å². The monoisotopic (exact) mass is 336 g/mol. The van der Waals surface area contributed by atoms with Crippen LogP contribution in [0, 0.1) is 10.1 Å². The van der Waals surface area contributed by atoms with Crippen LogP contribution in [0.1, 0.15) is 0 Å². The molecule has 1 amide bonds. The molecular weight excluding hydrogens is 328 g/mol. The predicted octanol–water partition coefficient (Wildman–Crippen LogP) is 1.33. The first-order valence-corrected chi connectivity index (χ1v) is 7.61. The smallest absolute Gasteiger partial charge is 0.292 e. The van der Waals surface area contributed by atoms with Crippen molar-refractivity contribution in [2.24, 2.45) is 0 Å². The van der Waals surface area contributed by atoms with Crippen molar-refractivity contribution in [3.8, 4) is 0 Å². The summed E-state index contributed by atoms with van der Waals surface area (Å²) in [4.78, 5) is 21.1. The van der Waals surface area contributed by atoms with E-state index < -0.39 is 20.7 Å². The molecule has 0 aliphatic carbocycles. The number of hydrogen-bond acceptors (Lipinski definition) is 5. The maximum absolute atomic E-state index is 11.3. The second-order valence-electron chi connectivity index (χ2n) is 3.39. The molecule has 0 fully saturated rings. The minimum atomic E-state index is -3.50. The van der Waals surface area contributed by atoms with Gasteiger partial charge in [-0.3, -0.25) is 14.9 Å². The fraction of sp³-hybridized carbons (Fsp3) is 0.222. The van der Waals surface area contributed by atoms with Crippen LogP contribution in [-0.4, -0.2) is 30.8 Å². The number of nitro benzene ring substituents is 1. The SMILES string of the molecule is CS(=O)(=O)c1ccc([N+](=O)[O-])c(NC(=O)CBr)c1. The normalized spacial score (nSPS) is 11.0. The van der Waals surface area contributed by atoms with Gasteiger partial charge >= 0.3 is 0 Å². The van der Waals surface area contributed by atoms with Crippen LogP contribution < -0.4 is 5.32 Å². The molecule has 0 radical (unpaired) electrons. The molecule has 18 heavy (non-hydrogen) atoms. The number of hydrogen-bond donors (Lipinski definition) is 1. The van der Waals surface area contributed by atoms with E-state index in [9.17, 15) is 23.3 Å². The molecule has 0 saturated carbocycles. The van der Waals surface area contributed by atoms with Crippen LogP contribution in [0.2, 0.25) is 0 Å². The van der Waals surface area contributed by atoms with Gasteiger partial charge in [-0.2, -0.15) is 0 Å². The minimum absolute atomic E-state index is 0.0484. The van der Waals surface area contributed by atoms with Crippen LogP contribution in [0.3, 0.4) is 0 Å². The second kappa shape index (κ2) is 5.44. The van der Waals surface area contributed by atoms with E-state index in [4.69, 9.17) is 0 Å². The number of anilines is 1. The summed E-state index contributed by atoms with van der Waals surface area (Å²) in [6.07, 6.45) is 0.976. The molecule has 0 saturated heterocycles. The molecule has 0 aliphatic rings. The molecule has 0 heterocycles. The van der Waals surface area contributed by atoms with Gasteiger partial charge in [0, 0.05) is 12.3 Å². The van der Waals surface area contributed by atoms with Gasteiger partial charge in [0.05, 0.1) is 15.1 Å². The van der Waals surface area contributed by atoms with Gasteiger partial charge in [-0.05, 0) is 12.1 Å². The maximum Gasteiger partial charge on any atom is 0.292 e. The summed E-state index contributed by atoms with van der Waals surface area (Å²) < 4.78 is 22.7. The Morgan fingerprint density at radius 3 is 2.56 bits per heavy atom. The highest BCUT2D eigenvalue weighted by molar-refractivity contribution is 9.09.